The zero-order valence-electron chi connectivity index (χ0n) is 10.6. The van der Waals surface area contributed by atoms with Gasteiger partial charge in [0.2, 0.25) is 10.0 Å². The number of rotatable bonds is 5. The first kappa shape index (κ1) is 14.4. The molecule has 0 atom stereocenters. The molecule has 0 radical (unpaired) electrons. The first-order valence-corrected chi connectivity index (χ1v) is 7.41. The van der Waals surface area contributed by atoms with Crippen molar-refractivity contribution in [3.63, 3.8) is 0 Å². The van der Waals surface area contributed by atoms with Crippen LogP contribution in [0.25, 0.3) is 0 Å². The van der Waals surface area contributed by atoms with Gasteiger partial charge in [0, 0.05) is 24.6 Å². The van der Waals surface area contributed by atoms with Crippen molar-refractivity contribution in [2.24, 2.45) is 0 Å². The monoisotopic (exact) mass is 295 g/mol. The van der Waals surface area contributed by atoms with Gasteiger partial charge in [-0.05, 0) is 36.2 Å². The molecule has 0 aliphatic carbocycles. The number of sulfonamides is 1. The van der Waals surface area contributed by atoms with Crippen LogP contribution in [0.1, 0.15) is 5.56 Å². The molecular formula is C13H14FN3O2S. The van der Waals surface area contributed by atoms with Gasteiger partial charge < -0.3 is 5.73 Å². The molecule has 2 rings (SSSR count). The van der Waals surface area contributed by atoms with E-state index in [9.17, 15) is 12.8 Å². The highest BCUT2D eigenvalue weighted by molar-refractivity contribution is 7.89. The summed E-state index contributed by atoms with van der Waals surface area (Å²) in [4.78, 5) is 3.49. The maximum absolute atomic E-state index is 13.5. The van der Waals surface area contributed by atoms with Gasteiger partial charge in [0.25, 0.3) is 0 Å². The molecule has 1 aromatic carbocycles. The Labute approximate surface area is 116 Å². The second-order valence-corrected chi connectivity index (χ2v) is 5.93. The molecule has 0 spiro atoms. The lowest BCUT2D eigenvalue weighted by Crippen LogP contribution is -2.27. The maximum Gasteiger partial charge on any atom is 0.243 e. The molecule has 3 N–H and O–H groups in total. The van der Waals surface area contributed by atoms with E-state index in [-0.39, 0.29) is 12.2 Å². The van der Waals surface area contributed by atoms with Gasteiger partial charge in [-0.25, -0.2) is 17.5 Å². The lowest BCUT2D eigenvalue weighted by molar-refractivity contribution is 0.557. The Bertz CT molecular complexity index is 690. The minimum Gasteiger partial charge on any atom is -0.399 e. The third-order valence-electron chi connectivity index (χ3n) is 2.67. The van der Waals surface area contributed by atoms with Crippen LogP contribution in [0, 0.1) is 5.82 Å². The zero-order chi connectivity index (χ0) is 14.6. The molecule has 0 bridgehead atoms. The molecule has 1 aromatic heterocycles. The fourth-order valence-electron chi connectivity index (χ4n) is 1.68. The highest BCUT2D eigenvalue weighted by Gasteiger charge is 2.18. The maximum atomic E-state index is 13.5. The molecule has 0 saturated carbocycles. The molecule has 0 aliphatic rings. The third-order valence-corrected chi connectivity index (χ3v) is 4.15. The van der Waals surface area contributed by atoms with Crippen molar-refractivity contribution in [3.8, 4) is 0 Å². The van der Waals surface area contributed by atoms with Crippen molar-refractivity contribution >= 4 is 15.7 Å². The minimum atomic E-state index is -3.91. The molecule has 0 amide bonds. The zero-order valence-corrected chi connectivity index (χ0v) is 11.4. The van der Waals surface area contributed by atoms with Crippen LogP contribution in [0.2, 0.25) is 0 Å². The van der Waals surface area contributed by atoms with Crippen LogP contribution in [0.3, 0.4) is 0 Å². The minimum absolute atomic E-state index is 0.155. The predicted octanol–water partition coefficient (Wildman–Crippen LogP) is 1.32. The second-order valence-electron chi connectivity index (χ2n) is 4.20. The van der Waals surface area contributed by atoms with Gasteiger partial charge in [-0.1, -0.05) is 6.07 Å². The van der Waals surface area contributed by atoms with Gasteiger partial charge in [-0.15, -0.1) is 0 Å². The van der Waals surface area contributed by atoms with Crippen molar-refractivity contribution in [2.75, 3.05) is 12.3 Å². The largest absolute Gasteiger partial charge is 0.399 e. The van der Waals surface area contributed by atoms with E-state index in [4.69, 9.17) is 5.73 Å². The molecule has 0 unspecified atom stereocenters. The normalized spacial score (nSPS) is 11.4. The Morgan fingerprint density at radius 2 is 2.10 bits per heavy atom. The van der Waals surface area contributed by atoms with Crippen LogP contribution in [0.5, 0.6) is 0 Å². The molecule has 0 saturated heterocycles. The number of anilines is 1. The molecule has 0 aliphatic heterocycles. The van der Waals surface area contributed by atoms with Gasteiger partial charge in [-0.2, -0.15) is 0 Å². The van der Waals surface area contributed by atoms with Crippen molar-refractivity contribution in [1.29, 1.82) is 0 Å². The average Bonchev–Trinajstić information content (AvgIpc) is 2.42. The molecular weight excluding hydrogens is 281 g/mol. The number of benzene rings is 1. The number of aromatic nitrogens is 1. The van der Waals surface area contributed by atoms with E-state index in [0.29, 0.717) is 6.42 Å². The predicted molar refractivity (Wildman–Crippen MR) is 73.9 cm³/mol. The highest BCUT2D eigenvalue weighted by atomic mass is 32.2. The Balaban J connectivity index is 2.06. The number of nitrogens with zero attached hydrogens (tertiary/aromatic N) is 1. The van der Waals surface area contributed by atoms with Gasteiger partial charge in [0.1, 0.15) is 10.7 Å². The third kappa shape index (κ3) is 3.52. The van der Waals surface area contributed by atoms with E-state index in [1.807, 2.05) is 6.07 Å². The van der Waals surface area contributed by atoms with Crippen molar-refractivity contribution in [3.05, 3.63) is 54.1 Å². The van der Waals surface area contributed by atoms with Crippen LogP contribution >= 0.6 is 0 Å². The lowest BCUT2D eigenvalue weighted by Gasteiger charge is -2.08. The van der Waals surface area contributed by atoms with E-state index in [1.165, 1.54) is 6.07 Å². The van der Waals surface area contributed by atoms with Crippen molar-refractivity contribution in [1.82, 2.24) is 9.71 Å². The number of pyridine rings is 1. The number of nitrogen functional groups attached to an aromatic ring is 1. The summed E-state index contributed by atoms with van der Waals surface area (Å²) in [6, 6.07) is 7.04. The van der Waals surface area contributed by atoms with Crippen LogP contribution in [0.15, 0.2) is 47.6 Å². The van der Waals surface area contributed by atoms with E-state index in [0.717, 1.165) is 17.7 Å². The molecule has 2 aromatic rings. The van der Waals surface area contributed by atoms with Gasteiger partial charge >= 0.3 is 0 Å². The van der Waals surface area contributed by atoms with E-state index < -0.39 is 20.7 Å². The van der Waals surface area contributed by atoms with Crippen LogP contribution in [-0.4, -0.2) is 19.9 Å². The number of halogens is 1. The summed E-state index contributed by atoms with van der Waals surface area (Å²) in [7, 11) is -3.91. The number of hydrogen-bond donors (Lipinski definition) is 2. The summed E-state index contributed by atoms with van der Waals surface area (Å²) in [5, 5.41) is 0. The van der Waals surface area contributed by atoms with Crippen molar-refractivity contribution < 1.29 is 12.8 Å². The van der Waals surface area contributed by atoms with Gasteiger partial charge in [-0.3, -0.25) is 4.98 Å². The molecule has 106 valence electrons. The summed E-state index contributed by atoms with van der Waals surface area (Å²) in [5.41, 5.74) is 6.56. The van der Waals surface area contributed by atoms with E-state index in [1.54, 1.807) is 18.5 Å². The molecule has 5 nitrogen and oxygen atoms in total. The fourth-order valence-corrected chi connectivity index (χ4v) is 2.82. The summed E-state index contributed by atoms with van der Waals surface area (Å²) >= 11 is 0. The fraction of sp³-hybridized carbons (Fsp3) is 0.154. The molecule has 7 heteroatoms. The summed E-state index contributed by atoms with van der Waals surface area (Å²) in [6.07, 6.45) is 3.75. The van der Waals surface area contributed by atoms with Crippen LogP contribution < -0.4 is 10.5 Å². The first-order valence-electron chi connectivity index (χ1n) is 5.92. The van der Waals surface area contributed by atoms with E-state index >= 15 is 0 Å². The van der Waals surface area contributed by atoms with Crippen LogP contribution in [0.4, 0.5) is 10.1 Å². The van der Waals surface area contributed by atoms with Gasteiger partial charge in [0.05, 0.1) is 0 Å². The highest BCUT2D eigenvalue weighted by Crippen LogP contribution is 2.17. The molecule has 0 fully saturated rings. The Morgan fingerprint density at radius 3 is 2.80 bits per heavy atom. The average molecular weight is 295 g/mol. The summed E-state index contributed by atoms with van der Waals surface area (Å²) in [6.45, 7) is 0.155. The second kappa shape index (κ2) is 5.98. The number of hydrogen-bond acceptors (Lipinski definition) is 4. The van der Waals surface area contributed by atoms with Gasteiger partial charge in [0.15, 0.2) is 0 Å². The molecule has 1 heterocycles. The Kier molecular flexibility index (Phi) is 4.31. The van der Waals surface area contributed by atoms with E-state index in [2.05, 4.69) is 9.71 Å². The number of nitrogens with one attached hydrogen (secondary N) is 1. The standard InChI is InChI=1S/C13H14FN3O2S/c14-12-4-3-11(15)8-13(12)20(18,19)17-7-5-10-2-1-6-16-9-10/h1-4,6,8-9,17H,5,7,15H2. The summed E-state index contributed by atoms with van der Waals surface area (Å²) < 4.78 is 39.8. The van der Waals surface area contributed by atoms with Crippen LogP contribution in [-0.2, 0) is 16.4 Å². The van der Waals surface area contributed by atoms with Crippen molar-refractivity contribution in [2.45, 2.75) is 11.3 Å². The quantitative estimate of drug-likeness (QED) is 0.815. The topological polar surface area (TPSA) is 85.1 Å². The lowest BCUT2D eigenvalue weighted by atomic mass is 10.2. The molecule has 20 heavy (non-hydrogen) atoms. The summed E-state index contributed by atoms with van der Waals surface area (Å²) in [5.74, 6) is -0.826. The first-order chi connectivity index (χ1) is 9.49. The Morgan fingerprint density at radius 1 is 1.30 bits per heavy atom. The SMILES string of the molecule is Nc1ccc(F)c(S(=O)(=O)NCCc2cccnc2)c1. The smallest absolute Gasteiger partial charge is 0.243 e. The number of nitrogens with two attached hydrogens (primary N) is 1. The Hall–Kier alpha value is -1.99.